The average molecular weight is 135 g/mol. The van der Waals surface area contributed by atoms with E-state index in [1.54, 1.807) is 0 Å². The fourth-order valence-electron chi connectivity index (χ4n) is 0.335. The first-order valence-electron chi connectivity index (χ1n) is 2.51. The van der Waals surface area contributed by atoms with Crippen molar-refractivity contribution < 1.29 is 0 Å². The standard InChI is InChI=1S/C5H11S2/c1-2-3-4-5(6)7/h6-7H,2-4H2,1H3. The van der Waals surface area contributed by atoms with Crippen molar-refractivity contribution in [2.24, 2.45) is 0 Å². The van der Waals surface area contributed by atoms with E-state index in [1.165, 1.54) is 12.8 Å². The van der Waals surface area contributed by atoms with Crippen molar-refractivity contribution in [3.8, 4) is 0 Å². The van der Waals surface area contributed by atoms with Crippen molar-refractivity contribution in [1.29, 1.82) is 0 Å². The van der Waals surface area contributed by atoms with E-state index in [2.05, 4.69) is 32.2 Å². The monoisotopic (exact) mass is 135 g/mol. The highest BCUT2D eigenvalue weighted by molar-refractivity contribution is 8.03. The third-order valence-corrected chi connectivity index (χ3v) is 1.20. The molecule has 0 aliphatic carbocycles. The third-order valence-electron chi connectivity index (χ3n) is 0.754. The van der Waals surface area contributed by atoms with Crippen LogP contribution >= 0.6 is 25.3 Å². The quantitative estimate of drug-likeness (QED) is 0.546. The number of unbranched alkanes of at least 4 members (excludes halogenated alkanes) is 1. The van der Waals surface area contributed by atoms with Gasteiger partial charge in [0.15, 0.2) is 0 Å². The van der Waals surface area contributed by atoms with Crippen molar-refractivity contribution >= 4 is 25.3 Å². The Balaban J connectivity index is 2.68. The second-order valence-corrected chi connectivity index (χ2v) is 2.95. The Morgan fingerprint density at radius 2 is 2.00 bits per heavy atom. The predicted molar refractivity (Wildman–Crippen MR) is 40.7 cm³/mol. The summed E-state index contributed by atoms with van der Waals surface area (Å²) < 4.78 is 0.946. The number of hydrogen-bond acceptors (Lipinski definition) is 2. The highest BCUT2D eigenvalue weighted by atomic mass is 32.2. The van der Waals surface area contributed by atoms with Crippen LogP contribution in [0.3, 0.4) is 0 Å². The van der Waals surface area contributed by atoms with Gasteiger partial charge in [-0.2, -0.15) is 25.3 Å². The van der Waals surface area contributed by atoms with Gasteiger partial charge in [-0.05, 0) is 6.42 Å². The molecule has 0 amide bonds. The molecular weight excluding hydrogens is 124 g/mol. The molecule has 0 aromatic rings. The molecule has 0 aromatic heterocycles. The van der Waals surface area contributed by atoms with Crippen molar-refractivity contribution in [2.75, 3.05) is 0 Å². The molecule has 0 rings (SSSR count). The Labute approximate surface area is 56.5 Å². The number of hydrogen-bond donors (Lipinski definition) is 2. The summed E-state index contributed by atoms with van der Waals surface area (Å²) in [6.45, 7) is 2.16. The van der Waals surface area contributed by atoms with E-state index in [0.29, 0.717) is 0 Å². The fraction of sp³-hybridized carbons (Fsp3) is 0.800. The van der Waals surface area contributed by atoms with Crippen LogP contribution in [0, 0.1) is 4.58 Å². The zero-order chi connectivity index (χ0) is 5.70. The van der Waals surface area contributed by atoms with E-state index in [4.69, 9.17) is 0 Å². The van der Waals surface area contributed by atoms with Crippen molar-refractivity contribution in [2.45, 2.75) is 26.2 Å². The molecular formula is C5H11S2. The lowest BCUT2D eigenvalue weighted by Gasteiger charge is -1.96. The van der Waals surface area contributed by atoms with Gasteiger partial charge in [-0.25, -0.2) is 0 Å². The maximum absolute atomic E-state index is 4.01. The van der Waals surface area contributed by atoms with Crippen molar-refractivity contribution in [3.05, 3.63) is 4.58 Å². The van der Waals surface area contributed by atoms with Crippen LogP contribution in [0.4, 0.5) is 0 Å². The molecule has 0 aliphatic heterocycles. The minimum absolute atomic E-state index is 0.946. The van der Waals surface area contributed by atoms with Crippen LogP contribution in [0.5, 0.6) is 0 Å². The smallest absolute Gasteiger partial charge is 0.0784 e. The molecule has 7 heavy (non-hydrogen) atoms. The van der Waals surface area contributed by atoms with Gasteiger partial charge in [-0.3, -0.25) is 0 Å². The lowest BCUT2D eigenvalue weighted by molar-refractivity contribution is 0.800. The molecule has 0 fully saturated rings. The van der Waals surface area contributed by atoms with Crippen LogP contribution in [0.25, 0.3) is 0 Å². The minimum atomic E-state index is 0.946. The molecule has 1 radical (unpaired) electrons. The Hall–Kier alpha value is 0.700. The third kappa shape index (κ3) is 6.70. The topological polar surface area (TPSA) is 0 Å². The molecule has 0 N–H and O–H groups in total. The lowest BCUT2D eigenvalue weighted by Crippen LogP contribution is -1.74. The summed E-state index contributed by atoms with van der Waals surface area (Å²) in [5, 5.41) is 0. The summed E-state index contributed by atoms with van der Waals surface area (Å²) in [6, 6.07) is 0. The van der Waals surface area contributed by atoms with E-state index < -0.39 is 0 Å². The molecule has 0 spiro atoms. The van der Waals surface area contributed by atoms with E-state index in [1.807, 2.05) is 0 Å². The van der Waals surface area contributed by atoms with Gasteiger partial charge >= 0.3 is 0 Å². The summed E-state index contributed by atoms with van der Waals surface area (Å²) in [7, 11) is 0. The summed E-state index contributed by atoms with van der Waals surface area (Å²) >= 11 is 8.03. The Morgan fingerprint density at radius 1 is 1.43 bits per heavy atom. The van der Waals surface area contributed by atoms with Crippen LogP contribution in [0.1, 0.15) is 26.2 Å². The zero-order valence-electron chi connectivity index (χ0n) is 4.52. The number of thiol groups is 2. The van der Waals surface area contributed by atoms with Gasteiger partial charge in [0.1, 0.15) is 0 Å². The van der Waals surface area contributed by atoms with Crippen LogP contribution in [0.15, 0.2) is 0 Å². The summed E-state index contributed by atoms with van der Waals surface area (Å²) in [5.74, 6) is 0. The van der Waals surface area contributed by atoms with Gasteiger partial charge in [0.05, 0.1) is 4.58 Å². The van der Waals surface area contributed by atoms with Crippen LogP contribution in [-0.4, -0.2) is 0 Å². The molecule has 0 heterocycles. The molecule has 0 aliphatic rings. The van der Waals surface area contributed by atoms with Gasteiger partial charge in [0, 0.05) is 0 Å². The second kappa shape index (κ2) is 4.85. The molecule has 0 saturated heterocycles. The van der Waals surface area contributed by atoms with Gasteiger partial charge < -0.3 is 0 Å². The minimum Gasteiger partial charge on any atom is -0.159 e. The zero-order valence-corrected chi connectivity index (χ0v) is 6.30. The first-order chi connectivity index (χ1) is 3.27. The predicted octanol–water partition coefficient (Wildman–Crippen LogP) is 2.53. The Morgan fingerprint density at radius 3 is 2.14 bits per heavy atom. The van der Waals surface area contributed by atoms with Crippen LogP contribution in [0.2, 0.25) is 0 Å². The molecule has 43 valence electrons. The van der Waals surface area contributed by atoms with E-state index in [9.17, 15) is 0 Å². The maximum Gasteiger partial charge on any atom is 0.0784 e. The molecule has 0 nitrogen and oxygen atoms in total. The SMILES string of the molecule is CCCC[C](S)S. The normalized spacial score (nSPS) is 10.3. The van der Waals surface area contributed by atoms with Gasteiger partial charge in [0.25, 0.3) is 0 Å². The van der Waals surface area contributed by atoms with Crippen LogP contribution < -0.4 is 0 Å². The Bertz CT molecular complexity index is 35.1. The summed E-state index contributed by atoms with van der Waals surface area (Å²) in [5.41, 5.74) is 0. The lowest BCUT2D eigenvalue weighted by atomic mass is 10.3. The highest BCUT2D eigenvalue weighted by Crippen LogP contribution is 2.17. The van der Waals surface area contributed by atoms with Gasteiger partial charge in [-0.15, -0.1) is 0 Å². The van der Waals surface area contributed by atoms with Crippen LogP contribution in [-0.2, 0) is 0 Å². The fourth-order valence-corrected chi connectivity index (χ4v) is 0.651. The van der Waals surface area contributed by atoms with Crippen molar-refractivity contribution in [3.63, 3.8) is 0 Å². The second-order valence-electron chi connectivity index (χ2n) is 1.52. The summed E-state index contributed by atoms with van der Waals surface area (Å²) in [6.07, 6.45) is 3.48. The molecule has 0 aromatic carbocycles. The maximum atomic E-state index is 4.01. The molecule has 0 unspecified atom stereocenters. The Kier molecular flexibility index (Phi) is 5.33. The molecule has 0 saturated carbocycles. The first-order valence-corrected chi connectivity index (χ1v) is 3.40. The van der Waals surface area contributed by atoms with E-state index >= 15 is 0 Å². The first kappa shape index (κ1) is 7.70. The van der Waals surface area contributed by atoms with Crippen molar-refractivity contribution in [1.82, 2.24) is 0 Å². The molecule has 0 atom stereocenters. The summed E-state index contributed by atoms with van der Waals surface area (Å²) in [4.78, 5) is 0. The van der Waals surface area contributed by atoms with E-state index in [0.717, 1.165) is 11.0 Å². The molecule has 2 heteroatoms. The van der Waals surface area contributed by atoms with E-state index in [-0.39, 0.29) is 0 Å². The number of rotatable bonds is 3. The van der Waals surface area contributed by atoms with Gasteiger partial charge in [-0.1, -0.05) is 19.8 Å². The largest absolute Gasteiger partial charge is 0.159 e. The highest BCUT2D eigenvalue weighted by Gasteiger charge is 1.91. The average Bonchev–Trinajstić information content (AvgIpc) is 1.61. The molecule has 0 bridgehead atoms. The van der Waals surface area contributed by atoms with Gasteiger partial charge in [0.2, 0.25) is 0 Å².